The number of hydrogen-bond donors (Lipinski definition) is 1. The van der Waals surface area contributed by atoms with Crippen molar-refractivity contribution in [2.45, 2.75) is 6.54 Å². The molecule has 0 aliphatic carbocycles. The van der Waals surface area contributed by atoms with Gasteiger partial charge in [0, 0.05) is 19.2 Å². The van der Waals surface area contributed by atoms with Crippen LogP contribution in [0.3, 0.4) is 0 Å². The van der Waals surface area contributed by atoms with E-state index in [9.17, 15) is 9.90 Å². The Morgan fingerprint density at radius 1 is 1.17 bits per heavy atom. The van der Waals surface area contributed by atoms with Gasteiger partial charge >= 0.3 is 0 Å². The number of benzene rings is 2. The molecule has 1 amide bonds. The molecule has 0 aliphatic rings. The molecule has 1 N–H and O–H groups in total. The third-order valence-corrected chi connectivity index (χ3v) is 3.41. The van der Waals surface area contributed by atoms with E-state index in [0.717, 1.165) is 16.9 Å². The van der Waals surface area contributed by atoms with Crippen molar-refractivity contribution < 1.29 is 14.6 Å². The van der Waals surface area contributed by atoms with Crippen molar-refractivity contribution in [3.8, 4) is 5.75 Å². The third-order valence-electron chi connectivity index (χ3n) is 3.41. The molecule has 0 atom stereocenters. The van der Waals surface area contributed by atoms with Gasteiger partial charge < -0.3 is 14.7 Å². The van der Waals surface area contributed by atoms with Gasteiger partial charge in [0.1, 0.15) is 5.75 Å². The fourth-order valence-corrected chi connectivity index (χ4v) is 2.21. The molecule has 0 aromatic heterocycles. The fourth-order valence-electron chi connectivity index (χ4n) is 2.21. The summed E-state index contributed by atoms with van der Waals surface area (Å²) in [5.74, 6) is 0.613. The summed E-state index contributed by atoms with van der Waals surface area (Å²) in [6.45, 7) is 0.713. The van der Waals surface area contributed by atoms with Crippen LogP contribution in [0.1, 0.15) is 11.1 Å². The Balaban J connectivity index is 2.06. The zero-order chi connectivity index (χ0) is 16.5. The number of rotatable bonds is 7. The minimum atomic E-state index is -0.134. The Labute approximate surface area is 136 Å². The van der Waals surface area contributed by atoms with Crippen molar-refractivity contribution in [3.05, 3.63) is 71.8 Å². The molecule has 0 saturated heterocycles. The number of carbonyl (C=O) groups is 1. The molecule has 23 heavy (non-hydrogen) atoms. The van der Waals surface area contributed by atoms with Crippen LogP contribution in [0.15, 0.2) is 60.7 Å². The molecular weight excluding hydrogens is 290 g/mol. The van der Waals surface area contributed by atoms with Gasteiger partial charge in [-0.05, 0) is 29.3 Å². The van der Waals surface area contributed by atoms with Crippen molar-refractivity contribution in [2.24, 2.45) is 0 Å². The summed E-state index contributed by atoms with van der Waals surface area (Å²) in [5.41, 5.74) is 1.92. The summed E-state index contributed by atoms with van der Waals surface area (Å²) in [5, 5.41) is 9.18. The normalized spacial score (nSPS) is 10.7. The van der Waals surface area contributed by atoms with Gasteiger partial charge in [-0.25, -0.2) is 0 Å². The molecule has 4 heteroatoms. The maximum atomic E-state index is 12.4. The molecule has 0 spiro atoms. The van der Waals surface area contributed by atoms with E-state index in [1.54, 1.807) is 18.1 Å². The van der Waals surface area contributed by atoms with Gasteiger partial charge in [-0.15, -0.1) is 0 Å². The first-order valence-corrected chi connectivity index (χ1v) is 7.49. The van der Waals surface area contributed by atoms with E-state index in [1.165, 1.54) is 6.08 Å². The van der Waals surface area contributed by atoms with Gasteiger partial charge in [0.05, 0.1) is 13.7 Å². The highest BCUT2D eigenvalue weighted by atomic mass is 16.5. The van der Waals surface area contributed by atoms with E-state index in [-0.39, 0.29) is 12.5 Å². The average Bonchev–Trinajstić information content (AvgIpc) is 2.60. The standard InChI is InChI=1S/C19H21NO3/c1-23-18-9-5-8-16(14-18)10-11-19(22)20(12-13-21)15-17-6-3-2-4-7-17/h2-11,14,21H,12-13,15H2,1H3/b11-10+. The molecule has 0 aliphatic heterocycles. The Bertz CT molecular complexity index is 653. The molecule has 2 aromatic rings. The van der Waals surface area contributed by atoms with Gasteiger partial charge in [0.25, 0.3) is 0 Å². The summed E-state index contributed by atoms with van der Waals surface area (Å²) in [6.07, 6.45) is 3.27. The SMILES string of the molecule is COc1cccc(/C=C/C(=O)N(CCO)Cc2ccccc2)c1. The van der Waals surface area contributed by atoms with Gasteiger partial charge in [0.2, 0.25) is 5.91 Å². The Morgan fingerprint density at radius 3 is 2.65 bits per heavy atom. The second-order valence-electron chi connectivity index (χ2n) is 5.08. The Hall–Kier alpha value is -2.59. The maximum Gasteiger partial charge on any atom is 0.246 e. The number of aliphatic hydroxyl groups excluding tert-OH is 1. The van der Waals surface area contributed by atoms with Crippen LogP contribution in [0.5, 0.6) is 5.75 Å². The van der Waals surface area contributed by atoms with Crippen LogP contribution in [0.2, 0.25) is 0 Å². The van der Waals surface area contributed by atoms with E-state index in [0.29, 0.717) is 13.1 Å². The minimum Gasteiger partial charge on any atom is -0.497 e. The molecule has 0 saturated carbocycles. The molecule has 0 unspecified atom stereocenters. The highest BCUT2D eigenvalue weighted by Crippen LogP contribution is 2.14. The monoisotopic (exact) mass is 311 g/mol. The van der Waals surface area contributed by atoms with Crippen molar-refractivity contribution in [1.82, 2.24) is 4.90 Å². The van der Waals surface area contributed by atoms with Gasteiger partial charge in [-0.2, -0.15) is 0 Å². The lowest BCUT2D eigenvalue weighted by molar-refractivity contribution is -0.127. The second-order valence-corrected chi connectivity index (χ2v) is 5.08. The summed E-state index contributed by atoms with van der Waals surface area (Å²) < 4.78 is 5.16. The molecular formula is C19H21NO3. The van der Waals surface area contributed by atoms with Crippen LogP contribution in [-0.2, 0) is 11.3 Å². The summed E-state index contributed by atoms with van der Waals surface area (Å²) in [4.78, 5) is 14.0. The highest BCUT2D eigenvalue weighted by Gasteiger charge is 2.10. The number of methoxy groups -OCH3 is 1. The molecule has 0 bridgehead atoms. The highest BCUT2D eigenvalue weighted by molar-refractivity contribution is 5.91. The molecule has 2 rings (SSSR count). The lowest BCUT2D eigenvalue weighted by Crippen LogP contribution is -2.31. The number of hydrogen-bond acceptors (Lipinski definition) is 3. The van der Waals surface area contributed by atoms with Crippen molar-refractivity contribution >= 4 is 12.0 Å². The maximum absolute atomic E-state index is 12.4. The number of amides is 1. The topological polar surface area (TPSA) is 49.8 Å². The zero-order valence-electron chi connectivity index (χ0n) is 13.2. The van der Waals surface area contributed by atoms with Gasteiger partial charge in [0.15, 0.2) is 0 Å². The van der Waals surface area contributed by atoms with Crippen LogP contribution in [-0.4, -0.2) is 36.2 Å². The minimum absolute atomic E-state index is 0.0639. The van der Waals surface area contributed by atoms with Crippen LogP contribution < -0.4 is 4.74 Å². The van der Waals surface area contributed by atoms with Crippen LogP contribution in [0.4, 0.5) is 0 Å². The van der Waals surface area contributed by atoms with E-state index in [4.69, 9.17) is 4.74 Å². The Kier molecular flexibility index (Phi) is 6.39. The number of carbonyl (C=O) groups excluding carboxylic acids is 1. The van der Waals surface area contributed by atoms with E-state index < -0.39 is 0 Å². The largest absolute Gasteiger partial charge is 0.497 e. The lowest BCUT2D eigenvalue weighted by atomic mass is 10.2. The summed E-state index contributed by atoms with van der Waals surface area (Å²) in [6, 6.07) is 17.2. The molecule has 120 valence electrons. The fraction of sp³-hybridized carbons (Fsp3) is 0.211. The van der Waals surface area contributed by atoms with Crippen molar-refractivity contribution in [2.75, 3.05) is 20.3 Å². The molecule has 2 aromatic carbocycles. The predicted molar refractivity (Wildman–Crippen MR) is 91.0 cm³/mol. The Morgan fingerprint density at radius 2 is 1.96 bits per heavy atom. The van der Waals surface area contributed by atoms with Crippen LogP contribution >= 0.6 is 0 Å². The molecule has 0 fully saturated rings. The molecule has 0 radical (unpaired) electrons. The second kappa shape index (κ2) is 8.76. The number of ether oxygens (including phenoxy) is 1. The van der Waals surface area contributed by atoms with Gasteiger partial charge in [-0.1, -0.05) is 42.5 Å². The first-order chi connectivity index (χ1) is 11.2. The summed E-state index contributed by atoms with van der Waals surface area (Å²) in [7, 11) is 1.61. The third kappa shape index (κ3) is 5.27. The predicted octanol–water partition coefficient (Wildman–Crippen LogP) is 2.73. The van der Waals surface area contributed by atoms with E-state index in [2.05, 4.69) is 0 Å². The zero-order valence-corrected chi connectivity index (χ0v) is 13.2. The van der Waals surface area contributed by atoms with E-state index in [1.807, 2.05) is 54.6 Å². The molecule has 4 nitrogen and oxygen atoms in total. The quantitative estimate of drug-likeness (QED) is 0.800. The smallest absolute Gasteiger partial charge is 0.246 e. The van der Waals surface area contributed by atoms with Crippen LogP contribution in [0, 0.1) is 0 Å². The first-order valence-electron chi connectivity index (χ1n) is 7.49. The number of aliphatic hydroxyl groups is 1. The van der Waals surface area contributed by atoms with E-state index >= 15 is 0 Å². The van der Waals surface area contributed by atoms with Crippen molar-refractivity contribution in [3.63, 3.8) is 0 Å². The summed E-state index contributed by atoms with van der Waals surface area (Å²) >= 11 is 0. The first kappa shape index (κ1) is 16.8. The average molecular weight is 311 g/mol. The molecule has 0 heterocycles. The lowest BCUT2D eigenvalue weighted by Gasteiger charge is -2.20. The van der Waals surface area contributed by atoms with Crippen LogP contribution in [0.25, 0.3) is 6.08 Å². The van der Waals surface area contributed by atoms with Gasteiger partial charge in [-0.3, -0.25) is 4.79 Å². The van der Waals surface area contributed by atoms with Crippen molar-refractivity contribution in [1.29, 1.82) is 0 Å². The number of nitrogens with zero attached hydrogens (tertiary/aromatic N) is 1.